The SMILES string of the molecule is CC(N)C1CCC2(CC1)OCCO2. The Morgan fingerprint density at radius 1 is 1.23 bits per heavy atom. The molecule has 3 nitrogen and oxygen atoms in total. The van der Waals surface area contributed by atoms with Gasteiger partial charge >= 0.3 is 0 Å². The van der Waals surface area contributed by atoms with Crippen LogP contribution in [0.25, 0.3) is 0 Å². The van der Waals surface area contributed by atoms with Gasteiger partial charge in [0.05, 0.1) is 13.2 Å². The first-order valence-corrected chi connectivity index (χ1v) is 5.25. The van der Waals surface area contributed by atoms with E-state index >= 15 is 0 Å². The Kier molecular flexibility index (Phi) is 2.58. The summed E-state index contributed by atoms with van der Waals surface area (Å²) in [5.41, 5.74) is 5.87. The van der Waals surface area contributed by atoms with Crippen LogP contribution in [0, 0.1) is 5.92 Å². The Balaban J connectivity index is 1.88. The summed E-state index contributed by atoms with van der Waals surface area (Å²) < 4.78 is 11.3. The second-order valence-corrected chi connectivity index (χ2v) is 4.30. The van der Waals surface area contributed by atoms with Crippen molar-refractivity contribution in [2.45, 2.75) is 44.4 Å². The Labute approximate surface area is 79.6 Å². The van der Waals surface area contributed by atoms with Gasteiger partial charge in [0.2, 0.25) is 0 Å². The topological polar surface area (TPSA) is 44.5 Å². The lowest BCUT2D eigenvalue weighted by Crippen LogP contribution is -2.39. The third kappa shape index (κ3) is 1.87. The predicted molar refractivity (Wildman–Crippen MR) is 50.2 cm³/mol. The highest BCUT2D eigenvalue weighted by atomic mass is 16.7. The molecule has 1 aliphatic heterocycles. The van der Waals surface area contributed by atoms with Crippen molar-refractivity contribution in [2.75, 3.05) is 13.2 Å². The lowest BCUT2D eigenvalue weighted by atomic mass is 9.81. The second kappa shape index (κ2) is 3.56. The molecule has 1 unspecified atom stereocenters. The summed E-state index contributed by atoms with van der Waals surface area (Å²) in [6.45, 7) is 3.63. The van der Waals surface area contributed by atoms with E-state index in [-0.39, 0.29) is 5.79 Å². The second-order valence-electron chi connectivity index (χ2n) is 4.30. The maximum atomic E-state index is 5.87. The molecule has 2 rings (SSSR count). The molecule has 1 aliphatic carbocycles. The van der Waals surface area contributed by atoms with Crippen LogP contribution in [0.1, 0.15) is 32.6 Å². The van der Waals surface area contributed by atoms with E-state index in [4.69, 9.17) is 15.2 Å². The van der Waals surface area contributed by atoms with E-state index in [1.54, 1.807) is 0 Å². The Morgan fingerprint density at radius 2 is 1.77 bits per heavy atom. The van der Waals surface area contributed by atoms with Gasteiger partial charge in [-0.05, 0) is 25.7 Å². The van der Waals surface area contributed by atoms with Crippen molar-refractivity contribution in [1.82, 2.24) is 0 Å². The summed E-state index contributed by atoms with van der Waals surface area (Å²) in [5.74, 6) is 0.448. The molecule has 13 heavy (non-hydrogen) atoms. The molecule has 3 heteroatoms. The van der Waals surface area contributed by atoms with Crippen molar-refractivity contribution in [3.05, 3.63) is 0 Å². The Hall–Kier alpha value is -0.120. The van der Waals surface area contributed by atoms with Gasteiger partial charge in [-0.3, -0.25) is 0 Å². The fourth-order valence-electron chi connectivity index (χ4n) is 2.39. The van der Waals surface area contributed by atoms with Crippen molar-refractivity contribution < 1.29 is 9.47 Å². The summed E-state index contributed by atoms with van der Waals surface area (Å²) in [6, 6.07) is 0.318. The highest BCUT2D eigenvalue weighted by Gasteiger charge is 2.40. The van der Waals surface area contributed by atoms with Crippen LogP contribution in [0.15, 0.2) is 0 Å². The first-order chi connectivity index (χ1) is 6.22. The largest absolute Gasteiger partial charge is 0.348 e. The molecule has 2 fully saturated rings. The number of rotatable bonds is 1. The normalized spacial score (nSPS) is 30.9. The van der Waals surface area contributed by atoms with E-state index in [2.05, 4.69) is 6.92 Å². The van der Waals surface area contributed by atoms with Gasteiger partial charge in [-0.2, -0.15) is 0 Å². The highest BCUT2D eigenvalue weighted by molar-refractivity contribution is 4.84. The average Bonchev–Trinajstić information content (AvgIpc) is 2.54. The van der Waals surface area contributed by atoms with E-state index < -0.39 is 0 Å². The summed E-state index contributed by atoms with van der Waals surface area (Å²) in [5, 5.41) is 0. The van der Waals surface area contributed by atoms with E-state index in [1.807, 2.05) is 0 Å². The van der Waals surface area contributed by atoms with Crippen molar-refractivity contribution >= 4 is 0 Å². The van der Waals surface area contributed by atoms with Crippen LogP contribution in [0.3, 0.4) is 0 Å². The van der Waals surface area contributed by atoms with Gasteiger partial charge in [-0.25, -0.2) is 0 Å². The minimum Gasteiger partial charge on any atom is -0.348 e. The maximum absolute atomic E-state index is 5.87. The van der Waals surface area contributed by atoms with Gasteiger partial charge in [-0.15, -0.1) is 0 Å². The van der Waals surface area contributed by atoms with Crippen molar-refractivity contribution in [3.8, 4) is 0 Å². The fraction of sp³-hybridized carbons (Fsp3) is 1.00. The smallest absolute Gasteiger partial charge is 0.168 e. The van der Waals surface area contributed by atoms with E-state index in [1.165, 1.54) is 0 Å². The third-order valence-electron chi connectivity index (χ3n) is 3.35. The van der Waals surface area contributed by atoms with Gasteiger partial charge in [0.15, 0.2) is 5.79 Å². The quantitative estimate of drug-likeness (QED) is 0.669. The molecule has 0 aromatic rings. The van der Waals surface area contributed by atoms with E-state index in [0.29, 0.717) is 12.0 Å². The zero-order valence-corrected chi connectivity index (χ0v) is 8.29. The minimum atomic E-state index is -0.217. The molecule has 1 atom stereocenters. The molecular formula is C10H19NO2. The van der Waals surface area contributed by atoms with Crippen molar-refractivity contribution in [2.24, 2.45) is 11.7 Å². The first kappa shape index (κ1) is 9.44. The molecule has 1 saturated heterocycles. The van der Waals surface area contributed by atoms with E-state index in [9.17, 15) is 0 Å². The molecule has 2 aliphatic rings. The number of hydrogen-bond donors (Lipinski definition) is 1. The minimum absolute atomic E-state index is 0.217. The number of ether oxygens (including phenoxy) is 2. The summed E-state index contributed by atoms with van der Waals surface area (Å²) >= 11 is 0. The van der Waals surface area contributed by atoms with Crippen LogP contribution in [-0.4, -0.2) is 25.0 Å². The first-order valence-electron chi connectivity index (χ1n) is 5.25. The van der Waals surface area contributed by atoms with Crippen LogP contribution >= 0.6 is 0 Å². The summed E-state index contributed by atoms with van der Waals surface area (Å²) in [7, 11) is 0. The van der Waals surface area contributed by atoms with Crippen LogP contribution in [0.5, 0.6) is 0 Å². The van der Waals surface area contributed by atoms with Gasteiger partial charge in [-0.1, -0.05) is 0 Å². The fourth-order valence-corrected chi connectivity index (χ4v) is 2.39. The van der Waals surface area contributed by atoms with Crippen molar-refractivity contribution in [1.29, 1.82) is 0 Å². The number of hydrogen-bond acceptors (Lipinski definition) is 3. The van der Waals surface area contributed by atoms with Crippen LogP contribution < -0.4 is 5.73 Å². The van der Waals surface area contributed by atoms with Crippen molar-refractivity contribution in [3.63, 3.8) is 0 Å². The molecule has 1 saturated carbocycles. The summed E-state index contributed by atoms with van der Waals surface area (Å²) in [4.78, 5) is 0. The third-order valence-corrected chi connectivity index (χ3v) is 3.35. The molecule has 0 radical (unpaired) electrons. The molecule has 76 valence electrons. The molecule has 2 N–H and O–H groups in total. The number of nitrogens with two attached hydrogens (primary N) is 1. The molecule has 0 aromatic heterocycles. The summed E-state index contributed by atoms with van der Waals surface area (Å²) in [6.07, 6.45) is 4.35. The molecule has 1 heterocycles. The maximum Gasteiger partial charge on any atom is 0.168 e. The van der Waals surface area contributed by atoms with E-state index in [0.717, 1.165) is 38.9 Å². The lowest BCUT2D eigenvalue weighted by Gasteiger charge is -2.36. The standard InChI is InChI=1S/C10H19NO2/c1-8(11)9-2-4-10(5-3-9)12-6-7-13-10/h8-9H,2-7,11H2,1H3. The predicted octanol–water partition coefficient (Wildman–Crippen LogP) is 1.27. The highest BCUT2D eigenvalue weighted by Crippen LogP contribution is 2.38. The van der Waals surface area contributed by atoms with Crippen LogP contribution in [-0.2, 0) is 9.47 Å². The van der Waals surface area contributed by atoms with Gasteiger partial charge in [0.25, 0.3) is 0 Å². The van der Waals surface area contributed by atoms with Crippen LogP contribution in [0.4, 0.5) is 0 Å². The molecular weight excluding hydrogens is 166 g/mol. The monoisotopic (exact) mass is 185 g/mol. The average molecular weight is 185 g/mol. The van der Waals surface area contributed by atoms with Gasteiger partial charge in [0, 0.05) is 18.9 Å². The zero-order valence-electron chi connectivity index (χ0n) is 8.29. The van der Waals surface area contributed by atoms with Gasteiger partial charge < -0.3 is 15.2 Å². The van der Waals surface area contributed by atoms with Gasteiger partial charge in [0.1, 0.15) is 0 Å². The Bertz CT molecular complexity index is 166. The molecule has 1 spiro atoms. The molecule has 0 aromatic carbocycles. The lowest BCUT2D eigenvalue weighted by molar-refractivity contribution is -0.183. The zero-order chi connectivity index (χ0) is 9.31. The van der Waals surface area contributed by atoms with Crippen LogP contribution in [0.2, 0.25) is 0 Å². The Morgan fingerprint density at radius 3 is 2.23 bits per heavy atom. The molecule has 0 amide bonds. The molecule has 0 bridgehead atoms.